The molecule has 1 aliphatic rings. The molecule has 0 spiro atoms. The van der Waals surface area contributed by atoms with Crippen LogP contribution in [0, 0.1) is 5.92 Å². The predicted molar refractivity (Wildman–Crippen MR) is 76.8 cm³/mol. The van der Waals surface area contributed by atoms with Gasteiger partial charge in [0.25, 0.3) is 0 Å². The molecular weight excluding hydrogens is 216 g/mol. The Morgan fingerprint density at radius 3 is 2.28 bits per heavy atom. The van der Waals surface area contributed by atoms with Crippen LogP contribution in [0.5, 0.6) is 0 Å². The van der Waals surface area contributed by atoms with Crippen LogP contribution in [0.15, 0.2) is 54.6 Å². The van der Waals surface area contributed by atoms with E-state index >= 15 is 0 Å². The number of aryl methyl sites for hydroxylation is 1. The van der Waals surface area contributed by atoms with E-state index in [1.54, 1.807) is 5.56 Å². The fraction of sp³-hybridized carbons (Fsp3) is 0.333. The van der Waals surface area contributed by atoms with Gasteiger partial charge >= 0.3 is 0 Å². The van der Waals surface area contributed by atoms with Gasteiger partial charge in [0, 0.05) is 5.41 Å². The van der Waals surface area contributed by atoms with E-state index in [4.69, 9.17) is 0 Å². The first-order valence-corrected chi connectivity index (χ1v) is 6.89. The van der Waals surface area contributed by atoms with Crippen molar-refractivity contribution < 1.29 is 0 Å². The third-order valence-electron chi connectivity index (χ3n) is 4.56. The van der Waals surface area contributed by atoms with Crippen LogP contribution in [-0.4, -0.2) is 0 Å². The molecule has 92 valence electrons. The van der Waals surface area contributed by atoms with Gasteiger partial charge in [-0.05, 0) is 35.4 Å². The number of fused-ring (bicyclic) bond motifs is 1. The Bertz CT molecular complexity index is 539. The molecule has 0 N–H and O–H groups in total. The zero-order valence-corrected chi connectivity index (χ0v) is 11.2. The van der Waals surface area contributed by atoms with Gasteiger partial charge < -0.3 is 0 Å². The maximum atomic E-state index is 2.36. The van der Waals surface area contributed by atoms with Crippen molar-refractivity contribution in [2.45, 2.75) is 32.1 Å². The summed E-state index contributed by atoms with van der Waals surface area (Å²) in [5.41, 5.74) is 4.78. The van der Waals surface area contributed by atoms with Gasteiger partial charge in [0.1, 0.15) is 0 Å². The average Bonchev–Trinajstić information content (AvgIpc) is 2.80. The molecule has 0 saturated carbocycles. The molecule has 0 heterocycles. The minimum Gasteiger partial charge on any atom is -0.0622 e. The zero-order valence-electron chi connectivity index (χ0n) is 11.2. The van der Waals surface area contributed by atoms with Crippen molar-refractivity contribution in [2.24, 2.45) is 5.92 Å². The van der Waals surface area contributed by atoms with Crippen molar-refractivity contribution in [3.05, 3.63) is 71.3 Å². The molecule has 0 nitrogen and oxygen atoms in total. The van der Waals surface area contributed by atoms with Crippen LogP contribution < -0.4 is 0 Å². The molecule has 0 bridgehead atoms. The normalized spacial score (nSPS) is 22.2. The predicted octanol–water partition coefficient (Wildman–Crippen LogP) is 4.57. The smallest absolute Gasteiger partial charge is 0.0231 e. The Morgan fingerprint density at radius 1 is 0.889 bits per heavy atom. The molecule has 0 fully saturated rings. The van der Waals surface area contributed by atoms with Crippen LogP contribution in [-0.2, 0) is 11.8 Å². The van der Waals surface area contributed by atoms with Crippen LogP contribution in [0.4, 0.5) is 0 Å². The topological polar surface area (TPSA) is 0 Å². The van der Waals surface area contributed by atoms with Crippen LogP contribution in [0.3, 0.4) is 0 Å². The molecule has 0 saturated heterocycles. The van der Waals surface area contributed by atoms with Gasteiger partial charge in [0.2, 0.25) is 0 Å². The highest BCUT2D eigenvalue weighted by atomic mass is 14.4. The summed E-state index contributed by atoms with van der Waals surface area (Å²) >= 11 is 0. The minimum absolute atomic E-state index is 0.220. The van der Waals surface area contributed by atoms with E-state index in [-0.39, 0.29) is 5.41 Å². The van der Waals surface area contributed by atoms with Crippen molar-refractivity contribution in [3.8, 4) is 0 Å². The molecule has 18 heavy (non-hydrogen) atoms. The molecule has 2 aromatic rings. The second kappa shape index (κ2) is 4.28. The number of hydrogen-bond donors (Lipinski definition) is 0. The lowest BCUT2D eigenvalue weighted by atomic mass is 9.68. The first-order chi connectivity index (χ1) is 8.75. The summed E-state index contributed by atoms with van der Waals surface area (Å²) in [5, 5.41) is 0. The van der Waals surface area contributed by atoms with Crippen LogP contribution in [0.2, 0.25) is 0 Å². The summed E-state index contributed by atoms with van der Waals surface area (Å²) in [6.07, 6.45) is 2.46. The highest BCUT2D eigenvalue weighted by Gasteiger charge is 2.42. The molecule has 3 rings (SSSR count). The Labute approximate surface area is 110 Å². The van der Waals surface area contributed by atoms with E-state index in [1.165, 1.54) is 24.0 Å². The van der Waals surface area contributed by atoms with Crippen molar-refractivity contribution in [1.82, 2.24) is 0 Å². The van der Waals surface area contributed by atoms with E-state index in [1.807, 2.05) is 0 Å². The summed E-state index contributed by atoms with van der Waals surface area (Å²) in [7, 11) is 0. The quantitative estimate of drug-likeness (QED) is 0.716. The monoisotopic (exact) mass is 236 g/mol. The van der Waals surface area contributed by atoms with Crippen molar-refractivity contribution in [2.75, 3.05) is 0 Å². The van der Waals surface area contributed by atoms with Gasteiger partial charge in [-0.25, -0.2) is 0 Å². The lowest BCUT2D eigenvalue weighted by molar-refractivity contribution is 0.369. The number of hydrogen-bond acceptors (Lipinski definition) is 0. The summed E-state index contributed by atoms with van der Waals surface area (Å²) in [4.78, 5) is 0. The molecule has 0 radical (unpaired) electrons. The summed E-state index contributed by atoms with van der Waals surface area (Å²) in [6.45, 7) is 4.71. The zero-order chi connectivity index (χ0) is 12.6. The minimum atomic E-state index is 0.220. The molecule has 0 heteroatoms. The number of rotatable bonds is 2. The molecule has 1 atom stereocenters. The van der Waals surface area contributed by atoms with Gasteiger partial charge in [-0.3, -0.25) is 0 Å². The molecular formula is C18H20. The van der Waals surface area contributed by atoms with E-state index in [0.29, 0.717) is 5.92 Å². The molecule has 0 amide bonds. The van der Waals surface area contributed by atoms with E-state index in [2.05, 4.69) is 68.4 Å². The van der Waals surface area contributed by atoms with Crippen molar-refractivity contribution in [1.29, 1.82) is 0 Å². The molecule has 1 aliphatic carbocycles. The number of benzene rings is 2. The first-order valence-electron chi connectivity index (χ1n) is 6.89. The second-order valence-electron chi connectivity index (χ2n) is 5.65. The van der Waals surface area contributed by atoms with Gasteiger partial charge in [-0.1, -0.05) is 68.4 Å². The third kappa shape index (κ3) is 1.52. The fourth-order valence-electron chi connectivity index (χ4n) is 3.61. The largest absolute Gasteiger partial charge is 0.0622 e. The molecule has 1 unspecified atom stereocenters. The average molecular weight is 236 g/mol. The van der Waals surface area contributed by atoms with Gasteiger partial charge in [0.15, 0.2) is 0 Å². The Balaban J connectivity index is 2.22. The Hall–Kier alpha value is -1.56. The lowest BCUT2D eigenvalue weighted by Gasteiger charge is -2.35. The SMILES string of the molecule is CC(C)C1(c2ccccc2)CCc2ccccc21. The summed E-state index contributed by atoms with van der Waals surface area (Å²) in [5.74, 6) is 0.628. The van der Waals surface area contributed by atoms with Gasteiger partial charge in [-0.15, -0.1) is 0 Å². The highest BCUT2D eigenvalue weighted by molar-refractivity contribution is 5.48. The maximum absolute atomic E-state index is 2.36. The molecule has 0 aliphatic heterocycles. The van der Waals surface area contributed by atoms with Crippen LogP contribution >= 0.6 is 0 Å². The van der Waals surface area contributed by atoms with Crippen molar-refractivity contribution in [3.63, 3.8) is 0 Å². The van der Waals surface area contributed by atoms with E-state index in [9.17, 15) is 0 Å². The lowest BCUT2D eigenvalue weighted by Crippen LogP contribution is -2.31. The summed E-state index contributed by atoms with van der Waals surface area (Å²) in [6, 6.07) is 20.0. The highest BCUT2D eigenvalue weighted by Crippen LogP contribution is 2.48. The van der Waals surface area contributed by atoms with Crippen molar-refractivity contribution >= 4 is 0 Å². The summed E-state index contributed by atoms with van der Waals surface area (Å²) < 4.78 is 0. The Morgan fingerprint density at radius 2 is 1.56 bits per heavy atom. The fourth-order valence-corrected chi connectivity index (χ4v) is 3.61. The van der Waals surface area contributed by atoms with Crippen LogP contribution in [0.25, 0.3) is 0 Å². The maximum Gasteiger partial charge on any atom is 0.0231 e. The molecule has 0 aromatic heterocycles. The van der Waals surface area contributed by atoms with Gasteiger partial charge in [0.05, 0.1) is 0 Å². The Kier molecular flexibility index (Phi) is 2.74. The second-order valence-corrected chi connectivity index (χ2v) is 5.65. The van der Waals surface area contributed by atoms with Crippen LogP contribution in [0.1, 0.15) is 37.0 Å². The van der Waals surface area contributed by atoms with Gasteiger partial charge in [-0.2, -0.15) is 0 Å². The third-order valence-corrected chi connectivity index (χ3v) is 4.56. The van der Waals surface area contributed by atoms with E-state index < -0.39 is 0 Å². The van der Waals surface area contributed by atoms with E-state index in [0.717, 1.165) is 0 Å². The standard InChI is InChI=1S/C18H20/c1-14(2)18(16-9-4-3-5-10-16)13-12-15-8-6-7-11-17(15)18/h3-11,14H,12-13H2,1-2H3. The first kappa shape index (κ1) is 11.5. The molecule has 2 aromatic carbocycles.